The lowest BCUT2D eigenvalue weighted by atomic mass is 10.1. The molecule has 0 aliphatic rings. The van der Waals surface area contributed by atoms with Gasteiger partial charge in [-0.2, -0.15) is 0 Å². The van der Waals surface area contributed by atoms with Crippen molar-refractivity contribution in [1.29, 1.82) is 0 Å². The average Bonchev–Trinajstić information content (AvgIpc) is 2.77. The lowest BCUT2D eigenvalue weighted by Crippen LogP contribution is -2.12. The minimum atomic E-state index is 0.309. The molecule has 2 rings (SSSR count). The topological polar surface area (TPSA) is 26.2 Å². The molecule has 0 aliphatic heterocycles. The zero-order valence-corrected chi connectivity index (χ0v) is 11.8. The largest absolute Gasteiger partial charge is 0.496 e. The van der Waals surface area contributed by atoms with Crippen LogP contribution in [0, 0.1) is 0 Å². The van der Waals surface area contributed by atoms with Gasteiger partial charge in [0.05, 0.1) is 12.6 Å². The Kier molecular flexibility index (Phi) is 3.62. The molecule has 1 aromatic heterocycles. The molecule has 1 heterocycles. The lowest BCUT2D eigenvalue weighted by Gasteiger charge is -2.10. The summed E-state index contributed by atoms with van der Waals surface area (Å²) in [6, 6.07) is 6.98. The van der Waals surface area contributed by atoms with E-state index in [0.29, 0.717) is 12.1 Å². The number of hydrogen-bond donors (Lipinski definition) is 1. The summed E-state index contributed by atoms with van der Waals surface area (Å²) in [6.07, 6.45) is 2.24. The zero-order valence-electron chi connectivity index (χ0n) is 11.8. The maximum absolute atomic E-state index is 5.51. The zero-order chi connectivity index (χ0) is 13.3. The molecule has 0 saturated carbocycles. The van der Waals surface area contributed by atoms with Gasteiger partial charge in [-0.1, -0.05) is 6.07 Å². The molecule has 0 saturated heterocycles. The predicted molar refractivity (Wildman–Crippen MR) is 76.3 cm³/mol. The number of nitrogens with one attached hydrogen (secondary N) is 1. The molecule has 18 heavy (non-hydrogen) atoms. The highest BCUT2D eigenvalue weighted by Gasteiger charge is 2.17. The monoisotopic (exact) mass is 246 g/mol. The molecule has 98 valence electrons. The van der Waals surface area contributed by atoms with E-state index in [2.05, 4.69) is 42.9 Å². The third-order valence-corrected chi connectivity index (χ3v) is 3.53. The van der Waals surface area contributed by atoms with Crippen molar-refractivity contribution < 1.29 is 4.74 Å². The van der Waals surface area contributed by atoms with Crippen LogP contribution in [0.25, 0.3) is 10.9 Å². The molecule has 0 spiro atoms. The summed E-state index contributed by atoms with van der Waals surface area (Å²) >= 11 is 0. The van der Waals surface area contributed by atoms with Crippen molar-refractivity contribution in [3.63, 3.8) is 0 Å². The van der Waals surface area contributed by atoms with Gasteiger partial charge in [-0.3, -0.25) is 0 Å². The Morgan fingerprint density at radius 2 is 1.94 bits per heavy atom. The first-order valence-electron chi connectivity index (χ1n) is 6.44. The maximum Gasteiger partial charge on any atom is 0.128 e. The highest BCUT2D eigenvalue weighted by molar-refractivity contribution is 5.90. The van der Waals surface area contributed by atoms with Gasteiger partial charge in [-0.15, -0.1) is 0 Å². The van der Waals surface area contributed by atoms with Crippen LogP contribution in [0.3, 0.4) is 0 Å². The van der Waals surface area contributed by atoms with Gasteiger partial charge in [0.15, 0.2) is 0 Å². The van der Waals surface area contributed by atoms with E-state index < -0.39 is 0 Å². The van der Waals surface area contributed by atoms with E-state index >= 15 is 0 Å². The van der Waals surface area contributed by atoms with Gasteiger partial charge in [0.1, 0.15) is 5.75 Å². The quantitative estimate of drug-likeness (QED) is 0.893. The smallest absolute Gasteiger partial charge is 0.128 e. The molecule has 1 unspecified atom stereocenters. The molecule has 0 amide bonds. The standard InChI is InChI=1S/C15H22N2O/c1-10(2)17-9-12(11(3)16-4)15-13(17)7-6-8-14(15)18-5/h6-11,16H,1-5H3. The molecule has 0 bridgehead atoms. The summed E-state index contributed by atoms with van der Waals surface area (Å²) in [5, 5.41) is 4.53. The molecule has 3 heteroatoms. The van der Waals surface area contributed by atoms with Gasteiger partial charge in [0.25, 0.3) is 0 Å². The van der Waals surface area contributed by atoms with E-state index in [0.717, 1.165) is 5.75 Å². The van der Waals surface area contributed by atoms with Crippen LogP contribution in [0.15, 0.2) is 24.4 Å². The summed E-state index contributed by atoms with van der Waals surface area (Å²) in [5.74, 6) is 0.948. The minimum Gasteiger partial charge on any atom is -0.496 e. The second-order valence-electron chi connectivity index (χ2n) is 4.95. The van der Waals surface area contributed by atoms with Crippen LogP contribution in [-0.2, 0) is 0 Å². The molecular formula is C15H22N2O. The van der Waals surface area contributed by atoms with Crippen LogP contribution in [0.4, 0.5) is 0 Å². The van der Waals surface area contributed by atoms with Crippen molar-refractivity contribution >= 4 is 10.9 Å². The van der Waals surface area contributed by atoms with Gasteiger partial charge >= 0.3 is 0 Å². The maximum atomic E-state index is 5.51. The number of fused-ring (bicyclic) bond motifs is 1. The summed E-state index contributed by atoms with van der Waals surface area (Å²) in [5.41, 5.74) is 2.53. The highest BCUT2D eigenvalue weighted by Crippen LogP contribution is 2.35. The van der Waals surface area contributed by atoms with Gasteiger partial charge in [-0.25, -0.2) is 0 Å². The minimum absolute atomic E-state index is 0.309. The molecule has 0 fully saturated rings. The Balaban J connectivity index is 2.76. The Hall–Kier alpha value is -1.48. The molecule has 0 aliphatic carbocycles. The second kappa shape index (κ2) is 5.02. The fourth-order valence-corrected chi connectivity index (χ4v) is 2.39. The number of benzene rings is 1. The fourth-order valence-electron chi connectivity index (χ4n) is 2.39. The summed E-state index contributed by atoms with van der Waals surface area (Å²) < 4.78 is 7.82. The number of aromatic nitrogens is 1. The van der Waals surface area contributed by atoms with Crippen LogP contribution in [-0.4, -0.2) is 18.7 Å². The Morgan fingerprint density at radius 1 is 1.22 bits per heavy atom. The number of methoxy groups -OCH3 is 1. The normalized spacial score (nSPS) is 13.2. The number of hydrogen-bond acceptors (Lipinski definition) is 2. The third-order valence-electron chi connectivity index (χ3n) is 3.53. The van der Waals surface area contributed by atoms with Crippen LogP contribution >= 0.6 is 0 Å². The third kappa shape index (κ3) is 1.99. The van der Waals surface area contributed by atoms with Crippen molar-refractivity contribution in [3.8, 4) is 5.75 Å². The SMILES string of the molecule is CNC(C)c1cn(C(C)C)c2cccc(OC)c12. The molecule has 1 atom stereocenters. The molecule has 2 aromatic rings. The number of rotatable bonds is 4. The van der Waals surface area contributed by atoms with Crippen LogP contribution in [0.5, 0.6) is 5.75 Å². The summed E-state index contributed by atoms with van der Waals surface area (Å²) in [6.45, 7) is 6.57. The molecular weight excluding hydrogens is 224 g/mol. The van der Waals surface area contributed by atoms with Crippen LogP contribution in [0.1, 0.15) is 38.4 Å². The Bertz CT molecular complexity index is 543. The van der Waals surface area contributed by atoms with Crippen molar-refractivity contribution in [2.45, 2.75) is 32.9 Å². The van der Waals surface area contributed by atoms with Crippen LogP contribution < -0.4 is 10.1 Å². The van der Waals surface area contributed by atoms with Gasteiger partial charge in [0, 0.05) is 23.7 Å². The summed E-state index contributed by atoms with van der Waals surface area (Å²) in [4.78, 5) is 0. The van der Waals surface area contributed by atoms with Gasteiger partial charge in [0.2, 0.25) is 0 Å². The second-order valence-corrected chi connectivity index (χ2v) is 4.95. The molecule has 1 aromatic carbocycles. The Labute approximate surface area is 109 Å². The molecule has 3 nitrogen and oxygen atoms in total. The van der Waals surface area contributed by atoms with E-state index in [9.17, 15) is 0 Å². The average molecular weight is 246 g/mol. The van der Waals surface area contributed by atoms with E-state index in [1.54, 1.807) is 7.11 Å². The van der Waals surface area contributed by atoms with E-state index in [1.165, 1.54) is 16.5 Å². The van der Waals surface area contributed by atoms with Crippen LogP contribution in [0.2, 0.25) is 0 Å². The van der Waals surface area contributed by atoms with Crippen molar-refractivity contribution in [2.75, 3.05) is 14.2 Å². The summed E-state index contributed by atoms with van der Waals surface area (Å²) in [7, 11) is 3.72. The molecule has 1 N–H and O–H groups in total. The predicted octanol–water partition coefficient (Wildman–Crippen LogP) is 3.51. The fraction of sp³-hybridized carbons (Fsp3) is 0.467. The van der Waals surface area contributed by atoms with Crippen molar-refractivity contribution in [3.05, 3.63) is 30.0 Å². The van der Waals surface area contributed by atoms with E-state index in [-0.39, 0.29) is 0 Å². The first kappa shape index (κ1) is 13.0. The van der Waals surface area contributed by atoms with Gasteiger partial charge < -0.3 is 14.6 Å². The van der Waals surface area contributed by atoms with Gasteiger partial charge in [-0.05, 0) is 45.5 Å². The first-order chi connectivity index (χ1) is 8.60. The van der Waals surface area contributed by atoms with E-state index in [1.807, 2.05) is 19.2 Å². The lowest BCUT2D eigenvalue weighted by molar-refractivity contribution is 0.419. The number of nitrogens with zero attached hydrogens (tertiary/aromatic N) is 1. The van der Waals surface area contributed by atoms with Crippen molar-refractivity contribution in [1.82, 2.24) is 9.88 Å². The number of ether oxygens (including phenoxy) is 1. The first-order valence-corrected chi connectivity index (χ1v) is 6.44. The Morgan fingerprint density at radius 3 is 2.50 bits per heavy atom. The van der Waals surface area contributed by atoms with E-state index in [4.69, 9.17) is 4.74 Å². The highest BCUT2D eigenvalue weighted by atomic mass is 16.5. The molecule has 0 radical (unpaired) electrons. The van der Waals surface area contributed by atoms with Crippen molar-refractivity contribution in [2.24, 2.45) is 0 Å².